The molecule has 0 aliphatic rings. The monoisotopic (exact) mass is 395 g/mol. The minimum atomic E-state index is -0.381. The number of amides is 1. The van der Waals surface area contributed by atoms with Crippen molar-refractivity contribution in [3.05, 3.63) is 54.0 Å². The molecule has 2 aromatic carbocycles. The summed E-state index contributed by atoms with van der Waals surface area (Å²) in [5.74, 6) is 1.12. The van der Waals surface area contributed by atoms with Crippen LogP contribution < -0.4 is 19.5 Å². The van der Waals surface area contributed by atoms with Crippen LogP contribution in [0.3, 0.4) is 0 Å². The number of aryl methyl sites for hydroxylation is 1. The van der Waals surface area contributed by atoms with Gasteiger partial charge >= 0.3 is 0 Å². The van der Waals surface area contributed by atoms with Crippen molar-refractivity contribution >= 4 is 23.1 Å². The Kier molecular flexibility index (Phi) is 6.08. The zero-order chi connectivity index (χ0) is 20.8. The maximum absolute atomic E-state index is 12.6. The Balaban J connectivity index is 1.87. The molecular formula is C20H21N5O4. The number of nitrogens with zero attached hydrogens (tertiary/aromatic N) is 3. The fraction of sp³-hybridized carbons (Fsp3) is 0.200. The largest absolute Gasteiger partial charge is 0.496 e. The predicted octanol–water partition coefficient (Wildman–Crippen LogP) is 4.41. The first-order chi connectivity index (χ1) is 14.0. The summed E-state index contributed by atoms with van der Waals surface area (Å²) in [6, 6.07) is 10.8. The lowest BCUT2D eigenvalue weighted by Crippen LogP contribution is -2.12. The van der Waals surface area contributed by atoms with Crippen molar-refractivity contribution in [1.82, 2.24) is 9.97 Å². The fourth-order valence-electron chi connectivity index (χ4n) is 2.54. The molecular weight excluding hydrogens is 374 g/mol. The molecule has 9 nitrogen and oxygen atoms in total. The number of rotatable bonds is 7. The van der Waals surface area contributed by atoms with E-state index in [1.807, 2.05) is 31.2 Å². The number of aromatic amines is 1. The molecule has 2 N–H and O–H groups in total. The van der Waals surface area contributed by atoms with Gasteiger partial charge in [0, 0.05) is 17.8 Å². The number of carbonyl (C=O) groups excluding carboxylic acids is 1. The summed E-state index contributed by atoms with van der Waals surface area (Å²) in [6.07, 6.45) is 1.38. The van der Waals surface area contributed by atoms with Crippen LogP contribution in [0.15, 0.2) is 53.0 Å². The maximum Gasteiger partial charge on any atom is 0.276 e. The highest BCUT2D eigenvalue weighted by molar-refractivity contribution is 6.05. The van der Waals surface area contributed by atoms with Crippen molar-refractivity contribution in [2.45, 2.75) is 6.92 Å². The van der Waals surface area contributed by atoms with Gasteiger partial charge in [0.15, 0.2) is 22.9 Å². The first-order valence-electron chi connectivity index (χ1n) is 8.69. The van der Waals surface area contributed by atoms with Crippen molar-refractivity contribution < 1.29 is 19.0 Å². The lowest BCUT2D eigenvalue weighted by atomic mass is 10.2. The zero-order valence-corrected chi connectivity index (χ0v) is 16.5. The average molecular weight is 395 g/mol. The van der Waals surface area contributed by atoms with E-state index < -0.39 is 0 Å². The van der Waals surface area contributed by atoms with Gasteiger partial charge in [-0.05, 0) is 19.1 Å². The number of benzene rings is 2. The molecule has 0 fully saturated rings. The summed E-state index contributed by atoms with van der Waals surface area (Å²) in [4.78, 5) is 19.4. The Labute approximate surface area is 167 Å². The highest BCUT2D eigenvalue weighted by Gasteiger charge is 2.17. The molecule has 150 valence electrons. The van der Waals surface area contributed by atoms with Crippen molar-refractivity contribution in [1.29, 1.82) is 0 Å². The Bertz CT molecular complexity index is 1000. The van der Waals surface area contributed by atoms with Gasteiger partial charge in [-0.2, -0.15) is 0 Å². The molecule has 0 saturated carbocycles. The van der Waals surface area contributed by atoms with Crippen LogP contribution in [-0.4, -0.2) is 37.2 Å². The van der Waals surface area contributed by atoms with Gasteiger partial charge in [0.2, 0.25) is 5.82 Å². The minimum Gasteiger partial charge on any atom is -0.496 e. The van der Waals surface area contributed by atoms with Gasteiger partial charge in [-0.15, -0.1) is 10.2 Å². The van der Waals surface area contributed by atoms with Crippen molar-refractivity contribution in [2.75, 3.05) is 26.6 Å². The number of nitrogens with one attached hydrogen (secondary N) is 2. The molecule has 1 aromatic heterocycles. The van der Waals surface area contributed by atoms with Crippen LogP contribution in [0.1, 0.15) is 16.1 Å². The molecule has 0 atom stereocenters. The van der Waals surface area contributed by atoms with Gasteiger partial charge in [0.1, 0.15) is 5.75 Å². The summed E-state index contributed by atoms with van der Waals surface area (Å²) in [5, 5.41) is 11.1. The molecule has 3 rings (SSSR count). The number of aromatic nitrogens is 2. The summed E-state index contributed by atoms with van der Waals surface area (Å²) in [6.45, 7) is 1.97. The topological polar surface area (TPSA) is 110 Å². The third-order valence-electron chi connectivity index (χ3n) is 4.09. The molecule has 1 heterocycles. The molecule has 0 radical (unpaired) electrons. The standard InChI is InChI=1S/C20H21N5O4/c1-12-5-7-13(8-6-12)23-20(26)18-19(22-11-21-18)25-24-17-15(28-3)9-14(27-2)10-16(17)29-4/h5-11H,1-4H3,(H,21,22)(H,23,26). The fourth-order valence-corrected chi connectivity index (χ4v) is 2.54. The molecule has 1 amide bonds. The minimum absolute atomic E-state index is 0.134. The first-order valence-corrected chi connectivity index (χ1v) is 8.69. The van der Waals surface area contributed by atoms with Crippen LogP contribution in [0.2, 0.25) is 0 Å². The second-order valence-corrected chi connectivity index (χ2v) is 6.00. The number of azo groups is 1. The number of hydrogen-bond acceptors (Lipinski definition) is 7. The maximum atomic E-state index is 12.6. The lowest BCUT2D eigenvalue weighted by molar-refractivity contribution is 0.102. The van der Waals surface area contributed by atoms with Gasteiger partial charge in [0.25, 0.3) is 5.91 Å². The van der Waals surface area contributed by atoms with E-state index in [0.717, 1.165) is 5.56 Å². The van der Waals surface area contributed by atoms with E-state index in [4.69, 9.17) is 14.2 Å². The van der Waals surface area contributed by atoms with E-state index in [1.54, 1.807) is 12.1 Å². The Morgan fingerprint density at radius 1 is 1.00 bits per heavy atom. The molecule has 0 aliphatic heterocycles. The second kappa shape index (κ2) is 8.87. The molecule has 0 saturated heterocycles. The van der Waals surface area contributed by atoms with Crippen LogP contribution in [0.5, 0.6) is 17.2 Å². The van der Waals surface area contributed by atoms with Crippen molar-refractivity contribution in [3.8, 4) is 17.2 Å². The summed E-state index contributed by atoms with van der Waals surface area (Å²) in [5.41, 5.74) is 2.29. The SMILES string of the molecule is COc1cc(OC)c(N=Nc2nc[nH]c2C(=O)Nc2ccc(C)cc2)c(OC)c1. The van der Waals surface area contributed by atoms with Crippen LogP contribution >= 0.6 is 0 Å². The van der Waals surface area contributed by atoms with E-state index >= 15 is 0 Å². The molecule has 0 spiro atoms. The number of hydrogen-bond donors (Lipinski definition) is 2. The Hall–Kier alpha value is -3.88. The summed E-state index contributed by atoms with van der Waals surface area (Å²) < 4.78 is 15.9. The normalized spacial score (nSPS) is 10.8. The molecule has 29 heavy (non-hydrogen) atoms. The smallest absolute Gasteiger partial charge is 0.276 e. The third-order valence-corrected chi connectivity index (χ3v) is 4.09. The van der Waals surface area contributed by atoms with Gasteiger partial charge in [-0.3, -0.25) is 4.79 Å². The highest BCUT2D eigenvalue weighted by atomic mass is 16.5. The van der Waals surface area contributed by atoms with Crippen LogP contribution in [0.25, 0.3) is 0 Å². The molecule has 3 aromatic rings. The highest BCUT2D eigenvalue weighted by Crippen LogP contribution is 2.41. The van der Waals surface area contributed by atoms with Gasteiger partial charge in [-0.25, -0.2) is 4.98 Å². The van der Waals surface area contributed by atoms with Crippen molar-refractivity contribution in [3.63, 3.8) is 0 Å². The number of H-pyrrole nitrogens is 1. The lowest BCUT2D eigenvalue weighted by Gasteiger charge is -2.11. The number of carbonyl (C=O) groups is 1. The first kappa shape index (κ1) is 19.9. The van der Waals surface area contributed by atoms with E-state index in [2.05, 4.69) is 25.5 Å². The third kappa shape index (κ3) is 4.52. The van der Waals surface area contributed by atoms with E-state index in [-0.39, 0.29) is 17.4 Å². The number of imidazole rings is 1. The Morgan fingerprint density at radius 3 is 2.24 bits per heavy atom. The molecule has 0 bridgehead atoms. The zero-order valence-electron chi connectivity index (χ0n) is 16.5. The van der Waals surface area contributed by atoms with Crippen molar-refractivity contribution in [2.24, 2.45) is 10.2 Å². The van der Waals surface area contributed by atoms with E-state index in [9.17, 15) is 4.79 Å². The molecule has 0 aliphatic carbocycles. The van der Waals surface area contributed by atoms with Gasteiger partial charge < -0.3 is 24.5 Å². The van der Waals surface area contributed by atoms with Crippen LogP contribution in [-0.2, 0) is 0 Å². The Morgan fingerprint density at radius 2 is 1.66 bits per heavy atom. The quantitative estimate of drug-likeness (QED) is 0.576. The van der Waals surface area contributed by atoms with E-state index in [1.165, 1.54) is 27.7 Å². The second-order valence-electron chi connectivity index (χ2n) is 6.00. The van der Waals surface area contributed by atoms with Gasteiger partial charge in [-0.1, -0.05) is 17.7 Å². The van der Waals surface area contributed by atoms with Crippen LogP contribution in [0.4, 0.5) is 17.2 Å². The average Bonchev–Trinajstić information content (AvgIpc) is 3.22. The summed E-state index contributed by atoms with van der Waals surface area (Å²) in [7, 11) is 4.54. The van der Waals surface area contributed by atoms with Crippen LogP contribution in [0, 0.1) is 6.92 Å². The number of anilines is 1. The molecule has 0 unspecified atom stereocenters. The molecule has 9 heteroatoms. The number of ether oxygens (including phenoxy) is 3. The summed E-state index contributed by atoms with van der Waals surface area (Å²) >= 11 is 0. The number of methoxy groups -OCH3 is 3. The van der Waals surface area contributed by atoms with E-state index in [0.29, 0.717) is 28.6 Å². The van der Waals surface area contributed by atoms with Gasteiger partial charge in [0.05, 0.1) is 27.7 Å². The predicted molar refractivity (Wildman–Crippen MR) is 108 cm³/mol.